The maximum atomic E-state index is 11.9. The lowest BCUT2D eigenvalue weighted by Crippen LogP contribution is -2.43. The van der Waals surface area contributed by atoms with Crippen LogP contribution in [0.5, 0.6) is 11.5 Å². The molecule has 0 heterocycles. The summed E-state index contributed by atoms with van der Waals surface area (Å²) >= 11 is 0. The van der Waals surface area contributed by atoms with Gasteiger partial charge in [0.15, 0.2) is 11.5 Å². The van der Waals surface area contributed by atoms with E-state index in [1.165, 1.54) is 29.3 Å². The Morgan fingerprint density at radius 2 is 1.69 bits per heavy atom. The summed E-state index contributed by atoms with van der Waals surface area (Å²) in [6.07, 6.45) is 9.37. The van der Waals surface area contributed by atoms with E-state index in [1.807, 2.05) is 47.9 Å². The van der Waals surface area contributed by atoms with E-state index in [0.717, 1.165) is 13.0 Å². The Balaban J connectivity index is 0. The largest absolute Gasteiger partial charge is 0.504 e. The zero-order chi connectivity index (χ0) is 28.7. The summed E-state index contributed by atoms with van der Waals surface area (Å²) in [4.78, 5) is 11.9. The van der Waals surface area contributed by atoms with Crippen LogP contribution < -0.4 is 0 Å². The third-order valence-electron chi connectivity index (χ3n) is 6.78. The first-order valence-corrected chi connectivity index (χ1v) is 13.1. The minimum atomic E-state index is -0.257. The Hall–Kier alpha value is -2.59. The zero-order valence-electron chi connectivity index (χ0n) is 25.0. The van der Waals surface area contributed by atoms with Crippen LogP contribution in [0, 0.1) is 17.3 Å². The standard InChI is InChI=1S/C18H30.C12H17NO3.C2H6/c1-9-11-12-16(10-2)17(13-14(3)4)18(7,8)15(5)6;1-4-13(2,3)8-12(16)9-5-6-10(14)11(15)7-9;1-2/h9-12,15,17H,2-3,13H2,1,4-8H3;5-7H,4,8H2,1-3H3,(H-,14,15,16);1-2H3/p+1/b11-9-,16-12+;;. The number of phenols is 2. The predicted octanol–water partition coefficient (Wildman–Crippen LogP) is 8.34. The van der Waals surface area contributed by atoms with Crippen molar-refractivity contribution in [3.63, 3.8) is 0 Å². The van der Waals surface area contributed by atoms with Gasteiger partial charge in [-0.2, -0.15) is 0 Å². The van der Waals surface area contributed by atoms with Gasteiger partial charge in [-0.3, -0.25) is 4.79 Å². The number of nitrogens with zero attached hydrogens (tertiary/aromatic N) is 1. The van der Waals surface area contributed by atoms with Crippen LogP contribution >= 0.6 is 0 Å². The summed E-state index contributed by atoms with van der Waals surface area (Å²) in [6.45, 7) is 28.7. The number of hydrogen-bond acceptors (Lipinski definition) is 3. The number of hydrogen-bond donors (Lipinski definition) is 2. The topological polar surface area (TPSA) is 57.5 Å². The summed E-state index contributed by atoms with van der Waals surface area (Å²) in [5.74, 6) is 0.593. The second-order valence-electron chi connectivity index (χ2n) is 10.6. The van der Waals surface area contributed by atoms with Gasteiger partial charge in [-0.1, -0.05) is 78.0 Å². The lowest BCUT2D eigenvalue weighted by molar-refractivity contribution is -0.880. The van der Waals surface area contributed by atoms with Gasteiger partial charge in [0.25, 0.3) is 0 Å². The van der Waals surface area contributed by atoms with Gasteiger partial charge in [0.1, 0.15) is 6.54 Å². The summed E-state index contributed by atoms with van der Waals surface area (Å²) in [6, 6.07) is 4.15. The Labute approximate surface area is 222 Å². The van der Waals surface area contributed by atoms with E-state index >= 15 is 0 Å². The molecule has 4 heteroatoms. The van der Waals surface area contributed by atoms with Crippen molar-refractivity contribution in [2.45, 2.75) is 68.7 Å². The van der Waals surface area contributed by atoms with Crippen molar-refractivity contribution in [3.05, 3.63) is 72.4 Å². The second-order valence-corrected chi connectivity index (χ2v) is 10.6. The number of carbonyl (C=O) groups excluding carboxylic acids is 1. The van der Waals surface area contributed by atoms with Crippen molar-refractivity contribution >= 4 is 5.78 Å². The molecule has 1 aromatic rings. The highest BCUT2D eigenvalue weighted by Gasteiger charge is 2.33. The van der Waals surface area contributed by atoms with Gasteiger partial charge in [0, 0.05) is 5.56 Å². The number of quaternary nitrogens is 1. The summed E-state index contributed by atoms with van der Waals surface area (Å²) in [7, 11) is 3.94. The van der Waals surface area contributed by atoms with Crippen LogP contribution in [0.2, 0.25) is 0 Å². The molecule has 0 saturated carbocycles. The average molecular weight is 501 g/mol. The maximum Gasteiger partial charge on any atom is 0.217 e. The molecule has 0 aliphatic carbocycles. The molecular weight excluding hydrogens is 446 g/mol. The molecule has 0 saturated heterocycles. The number of ketones is 1. The first kappa shape index (κ1) is 35.6. The number of benzene rings is 1. The first-order chi connectivity index (χ1) is 16.6. The molecule has 0 fully saturated rings. The minimum Gasteiger partial charge on any atom is -0.504 e. The molecule has 0 bridgehead atoms. The van der Waals surface area contributed by atoms with Crippen molar-refractivity contribution in [1.29, 1.82) is 0 Å². The van der Waals surface area contributed by atoms with E-state index in [4.69, 9.17) is 5.11 Å². The van der Waals surface area contributed by atoms with Crippen molar-refractivity contribution in [1.82, 2.24) is 0 Å². The van der Waals surface area contributed by atoms with E-state index in [-0.39, 0.29) is 22.7 Å². The van der Waals surface area contributed by atoms with Crippen molar-refractivity contribution in [2.24, 2.45) is 17.3 Å². The quantitative estimate of drug-likeness (QED) is 0.105. The number of aromatic hydroxyl groups is 2. The van der Waals surface area contributed by atoms with Crippen LogP contribution in [0.4, 0.5) is 0 Å². The molecule has 1 atom stereocenters. The van der Waals surface area contributed by atoms with Crippen LogP contribution in [-0.2, 0) is 0 Å². The Morgan fingerprint density at radius 3 is 2.08 bits per heavy atom. The van der Waals surface area contributed by atoms with Gasteiger partial charge in [0.05, 0.1) is 20.6 Å². The maximum absolute atomic E-state index is 11.9. The monoisotopic (exact) mass is 500 g/mol. The number of Topliss-reactive ketones (excluding diaryl/α,β-unsaturated/α-hetero) is 1. The van der Waals surface area contributed by atoms with E-state index in [0.29, 0.717) is 28.4 Å². The molecule has 4 nitrogen and oxygen atoms in total. The van der Waals surface area contributed by atoms with Crippen LogP contribution in [0.1, 0.15) is 79.1 Å². The van der Waals surface area contributed by atoms with Crippen molar-refractivity contribution < 1.29 is 19.5 Å². The molecule has 0 amide bonds. The number of carbonyl (C=O) groups is 1. The first-order valence-electron chi connectivity index (χ1n) is 13.1. The van der Waals surface area contributed by atoms with Crippen LogP contribution in [-0.4, -0.2) is 47.7 Å². The third kappa shape index (κ3) is 12.4. The number of rotatable bonds is 11. The van der Waals surface area contributed by atoms with Crippen LogP contribution in [0.25, 0.3) is 0 Å². The Kier molecular flexibility index (Phi) is 16.8. The SMILES string of the molecule is C=C/C(=C\C=C/C)C(CC(=C)C)C(C)(C)C(C)C.CC.CC[N+](C)(C)CC(=O)c1ccc(O)c(O)c1. The van der Waals surface area contributed by atoms with Gasteiger partial charge >= 0.3 is 0 Å². The molecular formula is C32H54NO3+. The molecule has 204 valence electrons. The van der Waals surface area contributed by atoms with Crippen molar-refractivity contribution in [2.75, 3.05) is 27.2 Å². The smallest absolute Gasteiger partial charge is 0.217 e. The highest BCUT2D eigenvalue weighted by atomic mass is 16.3. The molecule has 0 aliphatic rings. The molecule has 1 aromatic carbocycles. The van der Waals surface area contributed by atoms with Gasteiger partial charge in [-0.15, -0.1) is 6.58 Å². The molecule has 36 heavy (non-hydrogen) atoms. The third-order valence-corrected chi connectivity index (χ3v) is 6.78. The average Bonchev–Trinajstić information content (AvgIpc) is 2.81. The van der Waals surface area contributed by atoms with Gasteiger partial charge in [0.2, 0.25) is 5.78 Å². The fraction of sp³-hybridized carbons (Fsp3) is 0.531. The lowest BCUT2D eigenvalue weighted by Gasteiger charge is -2.39. The summed E-state index contributed by atoms with van der Waals surface area (Å²) in [5.41, 5.74) is 3.22. The normalized spacial score (nSPS) is 12.8. The number of phenolic OH excluding ortho intramolecular Hbond substituents is 2. The molecule has 1 rings (SSSR count). The molecule has 2 N–H and O–H groups in total. The van der Waals surface area contributed by atoms with E-state index in [1.54, 1.807) is 0 Å². The van der Waals surface area contributed by atoms with Crippen molar-refractivity contribution in [3.8, 4) is 11.5 Å². The van der Waals surface area contributed by atoms with Gasteiger partial charge in [-0.25, -0.2) is 0 Å². The van der Waals surface area contributed by atoms with Gasteiger partial charge < -0.3 is 14.7 Å². The number of allylic oxidation sites excluding steroid dienone is 6. The molecule has 0 radical (unpaired) electrons. The van der Waals surface area contributed by atoms with Crippen LogP contribution in [0.15, 0.2) is 66.8 Å². The highest BCUT2D eigenvalue weighted by Crippen LogP contribution is 2.42. The number of likely N-dealkylation sites (N-methyl/N-ethyl adjacent to an activating group) is 1. The molecule has 0 aliphatic heterocycles. The lowest BCUT2D eigenvalue weighted by atomic mass is 9.65. The molecule has 0 aromatic heterocycles. The second kappa shape index (κ2) is 17.0. The van der Waals surface area contributed by atoms with E-state index in [2.05, 4.69) is 66.0 Å². The minimum absolute atomic E-state index is 0.0397. The van der Waals surface area contributed by atoms with E-state index in [9.17, 15) is 9.90 Å². The summed E-state index contributed by atoms with van der Waals surface area (Å²) in [5, 5.41) is 18.4. The Morgan fingerprint density at radius 1 is 1.14 bits per heavy atom. The predicted molar refractivity (Wildman–Crippen MR) is 158 cm³/mol. The zero-order valence-corrected chi connectivity index (χ0v) is 25.0. The molecule has 1 unspecified atom stereocenters. The van der Waals surface area contributed by atoms with Gasteiger partial charge in [-0.05, 0) is 68.2 Å². The highest BCUT2D eigenvalue weighted by molar-refractivity contribution is 5.97. The molecule has 0 spiro atoms. The Bertz CT molecular complexity index is 889. The van der Waals surface area contributed by atoms with Crippen LogP contribution in [0.3, 0.4) is 0 Å². The van der Waals surface area contributed by atoms with E-state index < -0.39 is 0 Å². The summed E-state index contributed by atoms with van der Waals surface area (Å²) < 4.78 is 0.598. The fourth-order valence-electron chi connectivity index (χ4n) is 3.38. The fourth-order valence-corrected chi connectivity index (χ4v) is 3.38.